The van der Waals surface area contributed by atoms with Crippen LogP contribution in [0.5, 0.6) is 0 Å². The molecule has 23 heavy (non-hydrogen) atoms. The number of hydrogen-bond acceptors (Lipinski definition) is 7. The summed E-state index contributed by atoms with van der Waals surface area (Å²) in [5.74, 6) is 0.867. The van der Waals surface area contributed by atoms with Crippen LogP contribution >= 0.6 is 23.1 Å². The zero-order chi connectivity index (χ0) is 16.1. The molecular formula is C14H19N3O3S3. The second-order valence-electron chi connectivity index (χ2n) is 5.16. The molecule has 1 aliphatic heterocycles. The molecule has 0 saturated carbocycles. The van der Waals surface area contributed by atoms with E-state index < -0.39 is 10.0 Å². The standard InChI is InChI=1S/C14H19N3O3S3/c18-23(19,16-17-6-8-20-9-7-17)11-3-10-21-14-15-12-4-1-2-5-13(12)22-14/h1-2,4-5,16H,3,6-11H2. The Balaban J connectivity index is 1.43. The Bertz CT molecular complexity index is 709. The van der Waals surface area contributed by atoms with Crippen molar-refractivity contribution in [1.29, 1.82) is 0 Å². The smallest absolute Gasteiger partial charge is 0.224 e. The first-order valence-corrected chi connectivity index (χ1v) is 10.9. The van der Waals surface area contributed by atoms with Crippen LogP contribution in [0.3, 0.4) is 0 Å². The van der Waals surface area contributed by atoms with Crippen molar-refractivity contribution in [2.45, 2.75) is 10.8 Å². The number of hydrazine groups is 1. The van der Waals surface area contributed by atoms with E-state index >= 15 is 0 Å². The molecule has 1 aliphatic rings. The molecule has 0 radical (unpaired) electrons. The van der Waals surface area contributed by atoms with Crippen LogP contribution in [0.25, 0.3) is 10.2 Å². The van der Waals surface area contributed by atoms with Crippen molar-refractivity contribution in [3.63, 3.8) is 0 Å². The van der Waals surface area contributed by atoms with Gasteiger partial charge in [0.05, 0.1) is 29.2 Å². The minimum atomic E-state index is -3.27. The maximum atomic E-state index is 12.0. The normalized spacial score (nSPS) is 16.9. The van der Waals surface area contributed by atoms with Crippen LogP contribution in [0.1, 0.15) is 6.42 Å². The molecule has 0 amide bonds. The summed E-state index contributed by atoms with van der Waals surface area (Å²) in [6.07, 6.45) is 0.597. The van der Waals surface area contributed by atoms with Crippen LogP contribution < -0.4 is 4.83 Å². The summed E-state index contributed by atoms with van der Waals surface area (Å²) in [5, 5.41) is 1.71. The van der Waals surface area contributed by atoms with E-state index in [-0.39, 0.29) is 5.75 Å². The molecule has 1 saturated heterocycles. The van der Waals surface area contributed by atoms with Crippen LogP contribution in [-0.2, 0) is 14.8 Å². The average Bonchev–Trinajstić information content (AvgIpc) is 2.95. The van der Waals surface area contributed by atoms with Crippen LogP contribution in [0.2, 0.25) is 0 Å². The summed E-state index contributed by atoms with van der Waals surface area (Å²) in [7, 11) is -3.27. The summed E-state index contributed by atoms with van der Waals surface area (Å²) in [4.78, 5) is 7.15. The molecule has 1 aromatic heterocycles. The summed E-state index contributed by atoms with van der Waals surface area (Å²) in [6.45, 7) is 2.32. The van der Waals surface area contributed by atoms with Crippen molar-refractivity contribution in [2.24, 2.45) is 0 Å². The number of fused-ring (bicyclic) bond motifs is 1. The molecule has 126 valence electrons. The highest BCUT2D eigenvalue weighted by molar-refractivity contribution is 8.01. The predicted molar refractivity (Wildman–Crippen MR) is 94.3 cm³/mol. The lowest BCUT2D eigenvalue weighted by Gasteiger charge is -2.26. The Kier molecular flexibility index (Phi) is 5.89. The fourth-order valence-electron chi connectivity index (χ4n) is 2.22. The van der Waals surface area contributed by atoms with Gasteiger partial charge in [0.15, 0.2) is 4.34 Å². The minimum Gasteiger partial charge on any atom is -0.379 e. The van der Waals surface area contributed by atoms with Crippen molar-refractivity contribution in [3.8, 4) is 0 Å². The van der Waals surface area contributed by atoms with Gasteiger partial charge in [0.1, 0.15) is 0 Å². The van der Waals surface area contributed by atoms with E-state index in [1.165, 1.54) is 0 Å². The van der Waals surface area contributed by atoms with Gasteiger partial charge in [-0.3, -0.25) is 0 Å². The van der Waals surface area contributed by atoms with E-state index in [2.05, 4.69) is 9.82 Å². The summed E-state index contributed by atoms with van der Waals surface area (Å²) in [6, 6.07) is 8.01. The molecule has 0 bridgehead atoms. The first kappa shape index (κ1) is 17.1. The average molecular weight is 374 g/mol. The molecule has 0 atom stereocenters. The van der Waals surface area contributed by atoms with Crippen molar-refractivity contribution in [2.75, 3.05) is 37.8 Å². The number of para-hydroxylation sites is 1. The molecule has 6 nitrogen and oxygen atoms in total. The Labute approximate surface area is 144 Å². The van der Waals surface area contributed by atoms with Gasteiger partial charge in [-0.25, -0.2) is 18.4 Å². The number of aromatic nitrogens is 1. The maximum Gasteiger partial charge on any atom is 0.224 e. The molecule has 1 fully saturated rings. The van der Waals surface area contributed by atoms with Gasteiger partial charge in [-0.1, -0.05) is 23.9 Å². The topological polar surface area (TPSA) is 71.5 Å². The lowest BCUT2D eigenvalue weighted by molar-refractivity contribution is 0.0272. The van der Waals surface area contributed by atoms with Gasteiger partial charge in [-0.15, -0.1) is 16.2 Å². The predicted octanol–water partition coefficient (Wildman–Crippen LogP) is 1.95. The number of sulfonamides is 1. The van der Waals surface area contributed by atoms with Gasteiger partial charge in [-0.2, -0.15) is 0 Å². The van der Waals surface area contributed by atoms with Gasteiger partial charge < -0.3 is 4.74 Å². The molecule has 9 heteroatoms. The third kappa shape index (κ3) is 5.13. The fraction of sp³-hybridized carbons (Fsp3) is 0.500. The molecule has 1 N–H and O–H groups in total. The molecular weight excluding hydrogens is 354 g/mol. The summed E-state index contributed by atoms with van der Waals surface area (Å²) < 4.78 is 31.4. The quantitative estimate of drug-likeness (QED) is 0.591. The largest absolute Gasteiger partial charge is 0.379 e. The number of thioether (sulfide) groups is 1. The third-order valence-electron chi connectivity index (χ3n) is 3.34. The van der Waals surface area contributed by atoms with Crippen molar-refractivity contribution in [1.82, 2.24) is 14.8 Å². The van der Waals surface area contributed by atoms with Gasteiger partial charge in [0.2, 0.25) is 10.0 Å². The first-order chi connectivity index (χ1) is 11.1. The van der Waals surface area contributed by atoms with Crippen LogP contribution in [0.4, 0.5) is 0 Å². The summed E-state index contributed by atoms with van der Waals surface area (Å²) in [5.41, 5.74) is 1.00. The van der Waals surface area contributed by atoms with E-state index in [0.29, 0.717) is 32.7 Å². The number of nitrogens with zero attached hydrogens (tertiary/aromatic N) is 2. The van der Waals surface area contributed by atoms with E-state index in [1.807, 2.05) is 24.3 Å². The Morgan fingerprint density at radius 1 is 1.30 bits per heavy atom. The number of benzene rings is 1. The number of nitrogens with one attached hydrogen (secondary N) is 1. The van der Waals surface area contributed by atoms with Crippen molar-refractivity contribution < 1.29 is 13.2 Å². The molecule has 3 rings (SSSR count). The van der Waals surface area contributed by atoms with Crippen molar-refractivity contribution >= 4 is 43.3 Å². The number of rotatable bonds is 7. The van der Waals surface area contributed by atoms with Crippen LogP contribution in [0.15, 0.2) is 28.6 Å². The monoisotopic (exact) mass is 373 g/mol. The lowest BCUT2D eigenvalue weighted by Crippen LogP contribution is -2.48. The number of thiazole rings is 1. The Morgan fingerprint density at radius 2 is 2.09 bits per heavy atom. The van der Waals surface area contributed by atoms with Gasteiger partial charge >= 0.3 is 0 Å². The molecule has 2 heterocycles. The van der Waals surface area contributed by atoms with E-state index in [0.717, 1.165) is 20.3 Å². The van der Waals surface area contributed by atoms with Gasteiger partial charge in [-0.05, 0) is 18.6 Å². The fourth-order valence-corrected chi connectivity index (χ4v) is 5.67. The Hall–Kier alpha value is -0.710. The number of morpholine rings is 1. The van der Waals surface area contributed by atoms with E-state index in [1.54, 1.807) is 28.1 Å². The molecule has 1 aromatic carbocycles. The van der Waals surface area contributed by atoms with Crippen molar-refractivity contribution in [3.05, 3.63) is 24.3 Å². The molecule has 0 aliphatic carbocycles. The minimum absolute atomic E-state index is 0.127. The van der Waals surface area contributed by atoms with E-state index in [4.69, 9.17) is 4.74 Å². The highest BCUT2D eigenvalue weighted by atomic mass is 32.2. The zero-order valence-corrected chi connectivity index (χ0v) is 15.1. The SMILES string of the molecule is O=S(=O)(CCCSc1nc2ccccc2s1)NN1CCOCC1. The maximum absolute atomic E-state index is 12.0. The van der Waals surface area contributed by atoms with Crippen LogP contribution in [-0.4, -0.2) is 56.2 Å². The van der Waals surface area contributed by atoms with Gasteiger partial charge in [0, 0.05) is 18.8 Å². The molecule has 0 unspecified atom stereocenters. The third-order valence-corrected chi connectivity index (χ3v) is 6.96. The van der Waals surface area contributed by atoms with Crippen LogP contribution in [0, 0.1) is 0 Å². The van der Waals surface area contributed by atoms with Gasteiger partial charge in [0.25, 0.3) is 0 Å². The first-order valence-electron chi connectivity index (χ1n) is 7.44. The van der Waals surface area contributed by atoms with E-state index in [9.17, 15) is 8.42 Å². The lowest BCUT2D eigenvalue weighted by atomic mass is 10.3. The second-order valence-corrected chi connectivity index (χ2v) is 9.35. The highest BCUT2D eigenvalue weighted by Gasteiger charge is 2.17. The number of hydrogen-bond donors (Lipinski definition) is 1. The number of ether oxygens (including phenoxy) is 1. The highest BCUT2D eigenvalue weighted by Crippen LogP contribution is 2.29. The zero-order valence-electron chi connectivity index (χ0n) is 12.6. The molecule has 0 spiro atoms. The summed E-state index contributed by atoms with van der Waals surface area (Å²) >= 11 is 3.26. The Morgan fingerprint density at radius 3 is 2.87 bits per heavy atom. The second kappa shape index (κ2) is 7.91. The molecule has 2 aromatic rings.